The molecule has 6 N–H and O–H groups in total. The van der Waals surface area contributed by atoms with Crippen molar-refractivity contribution in [2.45, 2.75) is 56.7 Å². The van der Waals surface area contributed by atoms with Crippen molar-refractivity contribution in [2.24, 2.45) is 0 Å². The second-order valence-electron chi connectivity index (χ2n) is 11.2. The highest BCUT2D eigenvalue weighted by atomic mass is 16.3. The molecule has 2 aromatic carbocycles. The number of aromatic hydroxyl groups is 1. The quantitative estimate of drug-likeness (QED) is 0.145. The van der Waals surface area contributed by atoms with Gasteiger partial charge >= 0.3 is 0 Å². The third kappa shape index (κ3) is 5.86. The molecule has 0 saturated heterocycles. The van der Waals surface area contributed by atoms with Crippen molar-refractivity contribution < 1.29 is 29.3 Å². The molecule has 11 nitrogen and oxygen atoms in total. The molecule has 1 aliphatic rings. The molecule has 2 amide bonds. The van der Waals surface area contributed by atoms with Gasteiger partial charge in [-0.15, -0.1) is 0 Å². The summed E-state index contributed by atoms with van der Waals surface area (Å²) in [4.78, 5) is 34.9. The van der Waals surface area contributed by atoms with E-state index in [1.807, 2.05) is 12.1 Å². The maximum absolute atomic E-state index is 13.6. The summed E-state index contributed by atoms with van der Waals surface area (Å²) in [5.74, 6) is -0.144. The summed E-state index contributed by atoms with van der Waals surface area (Å²) in [5.41, 5.74) is 4.30. The van der Waals surface area contributed by atoms with E-state index in [1.54, 1.807) is 49.1 Å². The van der Waals surface area contributed by atoms with E-state index in [0.29, 0.717) is 22.7 Å². The fourth-order valence-corrected chi connectivity index (χ4v) is 6.00. The Bertz CT molecular complexity index is 1730. The zero-order valence-corrected chi connectivity index (χ0v) is 23.6. The average Bonchev–Trinajstić information content (AvgIpc) is 3.78. The van der Waals surface area contributed by atoms with Crippen LogP contribution in [0, 0.1) is 0 Å². The van der Waals surface area contributed by atoms with Crippen LogP contribution in [0.15, 0.2) is 65.6 Å². The second-order valence-corrected chi connectivity index (χ2v) is 11.2. The SMILES string of the molecule is O=C(N[C@@H](Cc1c[nH]c2ccc(O)cc12)C(=O)NC(CO)CO)c1ccc2c(c1)nc(-c1ccoc1)n2C1CCCCC1. The van der Waals surface area contributed by atoms with Crippen LogP contribution in [-0.4, -0.2) is 67.0 Å². The molecule has 0 aliphatic heterocycles. The molecular formula is C32H35N5O6. The van der Waals surface area contributed by atoms with Gasteiger partial charge in [0, 0.05) is 35.1 Å². The summed E-state index contributed by atoms with van der Waals surface area (Å²) >= 11 is 0. The van der Waals surface area contributed by atoms with Gasteiger partial charge in [0.05, 0.1) is 42.1 Å². The number of nitrogens with one attached hydrogen (secondary N) is 3. The zero-order valence-electron chi connectivity index (χ0n) is 23.6. The van der Waals surface area contributed by atoms with E-state index in [-0.39, 0.29) is 12.2 Å². The maximum Gasteiger partial charge on any atom is 0.252 e. The van der Waals surface area contributed by atoms with Gasteiger partial charge in [0.25, 0.3) is 5.91 Å². The zero-order chi connectivity index (χ0) is 29.9. The number of imidazole rings is 1. The highest BCUT2D eigenvalue weighted by molar-refractivity contribution is 6.00. The van der Waals surface area contributed by atoms with Gasteiger partial charge in [-0.05, 0) is 60.9 Å². The number of aromatic nitrogens is 3. The average molecular weight is 586 g/mol. The normalized spacial score (nSPS) is 14.9. The molecule has 0 bridgehead atoms. The molecule has 5 aromatic rings. The van der Waals surface area contributed by atoms with E-state index >= 15 is 0 Å². The fraction of sp³-hybridized carbons (Fsp3) is 0.344. The molecule has 0 unspecified atom stereocenters. The number of fused-ring (bicyclic) bond motifs is 2. The van der Waals surface area contributed by atoms with Gasteiger partial charge in [0.1, 0.15) is 23.9 Å². The van der Waals surface area contributed by atoms with Crippen molar-refractivity contribution in [3.63, 3.8) is 0 Å². The van der Waals surface area contributed by atoms with Crippen LogP contribution >= 0.6 is 0 Å². The molecule has 11 heteroatoms. The molecule has 1 atom stereocenters. The predicted octanol–water partition coefficient (Wildman–Crippen LogP) is 3.80. The second kappa shape index (κ2) is 12.3. The largest absolute Gasteiger partial charge is 0.508 e. The number of hydrogen-bond donors (Lipinski definition) is 6. The summed E-state index contributed by atoms with van der Waals surface area (Å²) < 4.78 is 7.61. The van der Waals surface area contributed by atoms with Gasteiger partial charge in [0.15, 0.2) is 0 Å². The molecule has 3 heterocycles. The van der Waals surface area contributed by atoms with Gasteiger partial charge in [-0.25, -0.2) is 4.98 Å². The molecule has 6 rings (SSSR count). The number of carbonyl (C=O) groups excluding carboxylic acids is 2. The Hall–Kier alpha value is -4.61. The number of phenolic OH excluding ortho intramolecular Hbond substituents is 1. The minimum Gasteiger partial charge on any atom is -0.508 e. The standard InChI is InChI=1S/C32H35N5O6/c38-16-22(17-39)34-32(42)28(13-21-15-33-26-8-7-24(40)14-25(21)26)36-31(41)19-6-9-29-27(12-19)35-30(20-10-11-43-18-20)37(29)23-4-2-1-3-5-23/h6-12,14-15,18,22-23,28,33,38-40H,1-5,13,16-17H2,(H,34,42)(H,36,41)/t28-/m0/s1. The molecule has 0 spiro atoms. The van der Waals surface area contributed by atoms with Crippen LogP contribution in [0.4, 0.5) is 0 Å². The van der Waals surface area contributed by atoms with Gasteiger partial charge < -0.3 is 39.9 Å². The Kier molecular flexibility index (Phi) is 8.17. The smallest absolute Gasteiger partial charge is 0.252 e. The van der Waals surface area contributed by atoms with Crippen LogP contribution in [0.5, 0.6) is 5.75 Å². The van der Waals surface area contributed by atoms with E-state index < -0.39 is 37.1 Å². The third-order valence-electron chi connectivity index (χ3n) is 8.25. The summed E-state index contributed by atoms with van der Waals surface area (Å²) in [7, 11) is 0. The van der Waals surface area contributed by atoms with Crippen molar-refractivity contribution in [3.8, 4) is 17.1 Å². The first-order chi connectivity index (χ1) is 20.9. The number of aliphatic hydroxyl groups excluding tert-OH is 2. The van der Waals surface area contributed by atoms with E-state index in [0.717, 1.165) is 53.5 Å². The molecule has 3 aromatic heterocycles. The molecule has 0 radical (unpaired) electrons. The number of aromatic amines is 1. The summed E-state index contributed by atoms with van der Waals surface area (Å²) in [6, 6.07) is 10.5. The lowest BCUT2D eigenvalue weighted by molar-refractivity contribution is -0.124. The minimum atomic E-state index is -1.04. The number of benzene rings is 2. The Balaban J connectivity index is 1.31. The Morgan fingerprint density at radius 1 is 1.05 bits per heavy atom. The molecule has 224 valence electrons. The van der Waals surface area contributed by atoms with Crippen molar-refractivity contribution >= 4 is 33.8 Å². The van der Waals surface area contributed by atoms with Gasteiger partial charge in [-0.3, -0.25) is 9.59 Å². The van der Waals surface area contributed by atoms with Gasteiger partial charge in [-0.1, -0.05) is 19.3 Å². The van der Waals surface area contributed by atoms with E-state index in [9.17, 15) is 24.9 Å². The number of amides is 2. The van der Waals surface area contributed by atoms with Gasteiger partial charge in [0.2, 0.25) is 5.91 Å². The Labute approximate surface area is 247 Å². The lowest BCUT2D eigenvalue weighted by Crippen LogP contribution is -2.52. The summed E-state index contributed by atoms with van der Waals surface area (Å²) in [6.07, 6.45) is 10.8. The number of aliphatic hydroxyl groups is 2. The number of furan rings is 1. The van der Waals surface area contributed by atoms with Crippen LogP contribution in [0.2, 0.25) is 0 Å². The lowest BCUT2D eigenvalue weighted by Gasteiger charge is -2.25. The predicted molar refractivity (Wildman–Crippen MR) is 161 cm³/mol. The number of nitrogens with zero attached hydrogens (tertiary/aromatic N) is 2. The summed E-state index contributed by atoms with van der Waals surface area (Å²) in [6.45, 7) is -0.910. The first kappa shape index (κ1) is 28.5. The number of rotatable bonds is 10. The highest BCUT2D eigenvalue weighted by Crippen LogP contribution is 2.36. The number of phenols is 1. The Morgan fingerprint density at radius 2 is 1.86 bits per heavy atom. The van der Waals surface area contributed by atoms with Crippen LogP contribution in [0.1, 0.15) is 54.1 Å². The first-order valence-corrected chi connectivity index (χ1v) is 14.6. The highest BCUT2D eigenvalue weighted by Gasteiger charge is 2.27. The fourth-order valence-electron chi connectivity index (χ4n) is 6.00. The molecule has 43 heavy (non-hydrogen) atoms. The van der Waals surface area contributed by atoms with Crippen molar-refractivity contribution in [3.05, 3.63) is 72.3 Å². The summed E-state index contributed by atoms with van der Waals surface area (Å²) in [5, 5.41) is 35.2. The monoisotopic (exact) mass is 585 g/mol. The molecule has 1 fully saturated rings. The van der Waals surface area contributed by atoms with Crippen LogP contribution in [0.3, 0.4) is 0 Å². The lowest BCUT2D eigenvalue weighted by atomic mass is 9.95. The van der Waals surface area contributed by atoms with E-state index in [1.165, 1.54) is 6.42 Å². The third-order valence-corrected chi connectivity index (χ3v) is 8.25. The Morgan fingerprint density at radius 3 is 2.60 bits per heavy atom. The van der Waals surface area contributed by atoms with Gasteiger partial charge in [-0.2, -0.15) is 0 Å². The molecule has 1 saturated carbocycles. The first-order valence-electron chi connectivity index (χ1n) is 14.6. The van der Waals surface area contributed by atoms with Crippen LogP contribution in [-0.2, 0) is 11.2 Å². The number of H-pyrrole nitrogens is 1. The molecular weight excluding hydrogens is 550 g/mol. The maximum atomic E-state index is 13.6. The van der Waals surface area contributed by atoms with E-state index in [2.05, 4.69) is 20.2 Å². The minimum absolute atomic E-state index is 0.0785. The molecule has 1 aliphatic carbocycles. The van der Waals surface area contributed by atoms with Crippen molar-refractivity contribution in [1.29, 1.82) is 0 Å². The van der Waals surface area contributed by atoms with Crippen LogP contribution < -0.4 is 10.6 Å². The van der Waals surface area contributed by atoms with Crippen molar-refractivity contribution in [1.82, 2.24) is 25.2 Å². The van der Waals surface area contributed by atoms with Crippen molar-refractivity contribution in [2.75, 3.05) is 13.2 Å². The number of carbonyl (C=O) groups is 2. The number of hydrogen-bond acceptors (Lipinski definition) is 7. The van der Waals surface area contributed by atoms with Crippen LogP contribution in [0.25, 0.3) is 33.3 Å². The topological polar surface area (TPSA) is 166 Å². The van der Waals surface area contributed by atoms with E-state index in [4.69, 9.17) is 9.40 Å².